The Labute approximate surface area is 283 Å². The molecule has 4 aromatic rings. The molecular weight excluding hydrogens is 624 g/mol. The maximum Gasteiger partial charge on any atom is 0.144 e. The highest BCUT2D eigenvalue weighted by Crippen LogP contribution is 2.39. The molecule has 0 amide bonds. The number of likely N-dealkylation sites (N-methyl/N-ethyl adjacent to an activating group) is 1. The zero-order chi connectivity index (χ0) is 33.6. The normalized spacial score (nSPS) is 20.2. The van der Waals surface area contributed by atoms with E-state index in [-0.39, 0.29) is 11.6 Å². The van der Waals surface area contributed by atoms with Crippen molar-refractivity contribution in [1.82, 2.24) is 24.3 Å². The summed E-state index contributed by atoms with van der Waals surface area (Å²) in [6.07, 6.45) is 4.64. The van der Waals surface area contributed by atoms with Crippen LogP contribution in [0.1, 0.15) is 17.5 Å². The van der Waals surface area contributed by atoms with Crippen LogP contribution in [0.4, 0.5) is 16.0 Å². The molecule has 3 aromatic heterocycles. The van der Waals surface area contributed by atoms with E-state index in [2.05, 4.69) is 69.1 Å². The van der Waals surface area contributed by atoms with Crippen LogP contribution >= 0.6 is 0 Å². The third kappa shape index (κ3) is 6.52. The summed E-state index contributed by atoms with van der Waals surface area (Å²) in [6.45, 7) is 14.2. The Hall–Kier alpha value is -4.02. The number of ether oxygens (including phenoxy) is 1. The number of piperidine rings is 1. The van der Waals surface area contributed by atoms with E-state index in [0.29, 0.717) is 36.5 Å². The quantitative estimate of drug-likeness (QED) is 0.177. The molecule has 4 saturated heterocycles. The monoisotopic (exact) mass is 668 g/mol. The minimum absolute atomic E-state index is 0.137. The van der Waals surface area contributed by atoms with Gasteiger partial charge in [0, 0.05) is 107 Å². The second-order valence-electron chi connectivity index (χ2n) is 14.8. The van der Waals surface area contributed by atoms with Gasteiger partial charge in [-0.2, -0.15) is 5.26 Å². The molecule has 4 aliphatic rings. The number of phenols is 1. The fraction of sp³-hybridized carbons (Fsp3) is 0.472. The van der Waals surface area contributed by atoms with Gasteiger partial charge in [0.1, 0.15) is 41.6 Å². The third-order valence-corrected chi connectivity index (χ3v) is 11.9. The fourth-order valence-corrected chi connectivity index (χ4v) is 8.03. The molecule has 0 aliphatic carbocycles. The van der Waals surface area contributed by atoms with Crippen molar-refractivity contribution in [3.8, 4) is 22.9 Å². The van der Waals surface area contributed by atoms with Crippen LogP contribution in [0, 0.1) is 17.1 Å². The van der Waals surface area contributed by atoms with Gasteiger partial charge in [-0.05, 0) is 55.9 Å². The maximum atomic E-state index is 13.8. The lowest BCUT2D eigenvalue weighted by Gasteiger charge is -2.56. The van der Waals surface area contributed by atoms with E-state index in [1.54, 1.807) is 6.20 Å². The molecule has 0 radical (unpaired) electrons. The van der Waals surface area contributed by atoms with Crippen molar-refractivity contribution in [3.05, 3.63) is 65.7 Å². The van der Waals surface area contributed by atoms with Gasteiger partial charge in [0.2, 0.25) is 0 Å². The molecule has 48 heavy (non-hydrogen) atoms. The van der Waals surface area contributed by atoms with Gasteiger partial charge < -0.3 is 24.5 Å². The number of aromatic hydroxyl groups is 1. The van der Waals surface area contributed by atoms with Crippen LogP contribution in [0.25, 0.3) is 22.2 Å². The summed E-state index contributed by atoms with van der Waals surface area (Å²) in [6, 6.07) is 14.6. The SMILES string of the molecule is CN1CCN(c2cc3c(-c4ccc(N5CC6CC(C5)N6Cc5cc(F)ccc5O)nc4)c(C#N)cnc3n2COCC[Si](C)(C)C)CC1. The number of pyridine rings is 2. The Morgan fingerprint density at radius 2 is 1.77 bits per heavy atom. The standard InChI is InChI=1S/C36H45FN8O2Si/c1-41-9-11-42(12-10-41)34-17-31-35(27(18-38)20-40-36(31)45(34)24-47-13-14-48(2,3)4)25-5-8-33(39-19-25)43-22-29-16-30(23-43)44(29)21-26-15-28(37)6-7-32(26)46/h5-8,15,17,19-20,29-30,46H,9-14,16,21-24H2,1-4H3. The van der Waals surface area contributed by atoms with E-state index in [1.165, 1.54) is 18.2 Å². The Balaban J connectivity index is 1.14. The van der Waals surface area contributed by atoms with Gasteiger partial charge in [-0.1, -0.05) is 19.6 Å². The molecular formula is C36H45FN8O2Si. The first-order valence-corrected chi connectivity index (χ1v) is 20.7. The van der Waals surface area contributed by atoms with Crippen molar-refractivity contribution in [2.24, 2.45) is 0 Å². The van der Waals surface area contributed by atoms with Crippen LogP contribution < -0.4 is 9.80 Å². The molecule has 4 aliphatic heterocycles. The van der Waals surface area contributed by atoms with Gasteiger partial charge in [-0.25, -0.2) is 14.4 Å². The van der Waals surface area contributed by atoms with Crippen LogP contribution in [-0.2, 0) is 18.0 Å². The third-order valence-electron chi connectivity index (χ3n) is 10.2. The fourth-order valence-electron chi connectivity index (χ4n) is 7.27. The van der Waals surface area contributed by atoms with Crippen LogP contribution in [0.3, 0.4) is 0 Å². The highest BCUT2D eigenvalue weighted by atomic mass is 28.3. The summed E-state index contributed by atoms with van der Waals surface area (Å²) in [7, 11) is 0.926. The summed E-state index contributed by atoms with van der Waals surface area (Å²) in [5.74, 6) is 1.78. The predicted octanol–water partition coefficient (Wildman–Crippen LogP) is 5.34. The Morgan fingerprint density at radius 1 is 1.00 bits per heavy atom. The first-order chi connectivity index (χ1) is 23.1. The largest absolute Gasteiger partial charge is 0.508 e. The van der Waals surface area contributed by atoms with E-state index < -0.39 is 8.07 Å². The molecule has 1 N–H and O–H groups in total. The summed E-state index contributed by atoms with van der Waals surface area (Å²) in [5.41, 5.74) is 3.69. The van der Waals surface area contributed by atoms with Crippen molar-refractivity contribution >= 4 is 30.7 Å². The first-order valence-electron chi connectivity index (χ1n) is 17.0. The number of benzene rings is 1. The van der Waals surface area contributed by atoms with Gasteiger partial charge >= 0.3 is 0 Å². The Morgan fingerprint density at radius 3 is 2.46 bits per heavy atom. The lowest BCUT2D eigenvalue weighted by molar-refractivity contribution is -0.00921. The average Bonchev–Trinajstić information content (AvgIpc) is 3.44. The first kappa shape index (κ1) is 32.5. The molecule has 2 atom stereocenters. The number of anilines is 2. The number of aromatic nitrogens is 3. The topological polar surface area (TPSA) is 96.9 Å². The molecule has 8 rings (SSSR count). The zero-order valence-corrected chi connectivity index (χ0v) is 29.4. The van der Waals surface area contributed by atoms with E-state index in [9.17, 15) is 14.8 Å². The van der Waals surface area contributed by atoms with Crippen LogP contribution in [0.5, 0.6) is 5.75 Å². The van der Waals surface area contributed by atoms with Gasteiger partial charge in [-0.3, -0.25) is 9.47 Å². The van der Waals surface area contributed by atoms with Crippen LogP contribution in [0.15, 0.2) is 48.8 Å². The van der Waals surface area contributed by atoms with Crippen molar-refractivity contribution in [3.63, 3.8) is 0 Å². The molecule has 2 unspecified atom stereocenters. The lowest BCUT2D eigenvalue weighted by Crippen LogP contribution is -2.68. The minimum Gasteiger partial charge on any atom is -0.508 e. The molecule has 7 heterocycles. The highest BCUT2D eigenvalue weighted by molar-refractivity contribution is 6.76. The average molecular weight is 669 g/mol. The Bertz CT molecular complexity index is 1810. The number of nitrogens with zero attached hydrogens (tertiary/aromatic N) is 8. The number of nitriles is 1. The number of hydrogen-bond acceptors (Lipinski definition) is 9. The van der Waals surface area contributed by atoms with E-state index in [4.69, 9.17) is 14.7 Å². The molecule has 0 saturated carbocycles. The number of piperazine rings is 2. The molecule has 4 fully saturated rings. The van der Waals surface area contributed by atoms with E-state index >= 15 is 0 Å². The molecule has 252 valence electrons. The van der Waals surface area contributed by atoms with Gasteiger partial charge in [0.25, 0.3) is 0 Å². The zero-order valence-electron chi connectivity index (χ0n) is 28.4. The predicted molar refractivity (Wildman–Crippen MR) is 190 cm³/mol. The minimum atomic E-state index is -1.23. The Kier molecular flexibility index (Phi) is 8.89. The van der Waals surface area contributed by atoms with Crippen LogP contribution in [0.2, 0.25) is 25.7 Å². The maximum absolute atomic E-state index is 13.8. The number of fused-ring (bicyclic) bond motifs is 3. The summed E-state index contributed by atoms with van der Waals surface area (Å²) in [5, 5.41) is 21.4. The number of phenolic OH excluding ortho intramolecular Hbond substituents is 1. The van der Waals surface area contributed by atoms with Crippen molar-refractivity contribution in [1.29, 1.82) is 5.26 Å². The number of rotatable bonds is 10. The second-order valence-corrected chi connectivity index (χ2v) is 20.4. The van der Waals surface area contributed by atoms with E-state index in [0.717, 1.165) is 92.1 Å². The highest BCUT2D eigenvalue weighted by Gasteiger charge is 2.45. The molecule has 10 nitrogen and oxygen atoms in total. The molecule has 2 bridgehead atoms. The van der Waals surface area contributed by atoms with Gasteiger partial charge in [-0.15, -0.1) is 0 Å². The van der Waals surface area contributed by atoms with Crippen molar-refractivity contribution in [2.75, 3.05) is 62.7 Å². The number of hydrogen-bond donors (Lipinski definition) is 1. The van der Waals surface area contributed by atoms with Crippen molar-refractivity contribution in [2.45, 2.75) is 57.5 Å². The van der Waals surface area contributed by atoms with E-state index in [1.807, 2.05) is 12.3 Å². The van der Waals surface area contributed by atoms with Crippen molar-refractivity contribution < 1.29 is 14.2 Å². The number of halogens is 1. The smallest absolute Gasteiger partial charge is 0.144 e. The lowest BCUT2D eigenvalue weighted by atomic mass is 9.86. The van der Waals surface area contributed by atoms with Gasteiger partial charge in [0.05, 0.1) is 5.56 Å². The summed E-state index contributed by atoms with van der Waals surface area (Å²) in [4.78, 5) is 19.1. The molecule has 12 heteroatoms. The molecule has 1 aromatic carbocycles. The second kappa shape index (κ2) is 13.1. The summed E-state index contributed by atoms with van der Waals surface area (Å²) < 4.78 is 22.3. The van der Waals surface area contributed by atoms with Crippen LogP contribution in [-0.4, -0.2) is 103 Å². The molecule has 0 spiro atoms. The van der Waals surface area contributed by atoms with Gasteiger partial charge in [0.15, 0.2) is 0 Å². The summed E-state index contributed by atoms with van der Waals surface area (Å²) >= 11 is 0.